The molecule has 1 nitrogen and oxygen atoms in total. The highest BCUT2D eigenvalue weighted by molar-refractivity contribution is 9.10. The van der Waals surface area contributed by atoms with Crippen LogP contribution in [-0.2, 0) is 0 Å². The van der Waals surface area contributed by atoms with Crippen LogP contribution in [0.5, 0.6) is 0 Å². The van der Waals surface area contributed by atoms with Crippen LogP contribution in [0.25, 0.3) is 0 Å². The molecule has 0 saturated heterocycles. The van der Waals surface area contributed by atoms with E-state index in [0.717, 1.165) is 0 Å². The third-order valence-electron chi connectivity index (χ3n) is 0.668. The zero-order chi connectivity index (χ0) is 5.98. The number of halogens is 2. The molecule has 0 bridgehead atoms. The molecule has 0 aromatic carbocycles. The Morgan fingerprint density at radius 3 is 2.88 bits per heavy atom. The fourth-order valence-corrected chi connectivity index (χ4v) is 0.656. The van der Waals surface area contributed by atoms with Crippen LogP contribution in [0.1, 0.15) is 0 Å². The molecule has 1 aromatic heterocycles. The van der Waals surface area contributed by atoms with Gasteiger partial charge in [0.05, 0.1) is 9.50 Å². The van der Waals surface area contributed by atoms with Crippen LogP contribution in [0, 0.1) is 6.20 Å². The molecule has 1 radical (unpaired) electrons. The lowest BCUT2D eigenvalue weighted by Gasteiger charge is -1.87. The normalized spacial score (nSPS) is 9.25. The van der Waals surface area contributed by atoms with Crippen molar-refractivity contribution < 1.29 is 0 Å². The minimum atomic E-state index is 0.639. The smallest absolute Gasteiger partial charge is 0.105 e. The molecule has 0 atom stereocenters. The minimum absolute atomic E-state index is 0.639. The van der Waals surface area contributed by atoms with Crippen molar-refractivity contribution in [2.24, 2.45) is 0 Å². The summed E-state index contributed by atoms with van der Waals surface area (Å²) in [6, 6.07) is 1.70. The molecule has 0 saturated carbocycles. The molecule has 0 unspecified atom stereocenters. The second-order valence-electron chi connectivity index (χ2n) is 1.22. The lowest BCUT2D eigenvalue weighted by molar-refractivity contribution is 1.29. The van der Waals surface area contributed by atoms with Crippen molar-refractivity contribution in [3.8, 4) is 0 Å². The van der Waals surface area contributed by atoms with E-state index in [2.05, 4.69) is 27.1 Å². The summed E-state index contributed by atoms with van der Waals surface area (Å²) in [6.45, 7) is 0. The fraction of sp³-hybridized carbons (Fsp3) is 0. The van der Waals surface area contributed by atoms with Gasteiger partial charge in [-0.15, -0.1) is 0 Å². The van der Waals surface area contributed by atoms with Crippen molar-refractivity contribution in [2.75, 3.05) is 0 Å². The summed E-state index contributed by atoms with van der Waals surface area (Å²) in [5, 5.41) is 0.639. The molecule has 1 aromatic rings. The van der Waals surface area contributed by atoms with E-state index in [1.807, 2.05) is 0 Å². The first-order valence-corrected chi connectivity index (χ1v) is 3.15. The monoisotopic (exact) mass is 190 g/mol. The van der Waals surface area contributed by atoms with Gasteiger partial charge in [-0.05, 0) is 22.0 Å². The summed E-state index contributed by atoms with van der Waals surface area (Å²) in [4.78, 5) is 3.69. The number of nitrogens with zero attached hydrogens (tertiary/aromatic N) is 1. The van der Waals surface area contributed by atoms with Gasteiger partial charge in [0.1, 0.15) is 6.20 Å². The maximum atomic E-state index is 5.59. The van der Waals surface area contributed by atoms with E-state index >= 15 is 0 Å². The molecule has 0 spiro atoms. The first-order chi connectivity index (χ1) is 3.80. The first kappa shape index (κ1) is 6.05. The zero-order valence-electron chi connectivity index (χ0n) is 3.86. The molecule has 0 aliphatic heterocycles. The quantitative estimate of drug-likeness (QED) is 0.613. The molecule has 0 aliphatic rings. The lowest BCUT2D eigenvalue weighted by Crippen LogP contribution is -1.70. The standard InChI is InChI=1S/C5H2BrClN/c6-4-3-8-2-1-5(4)7/h1-2H. The average molecular weight is 191 g/mol. The van der Waals surface area contributed by atoms with Crippen LogP contribution in [0.15, 0.2) is 16.7 Å². The average Bonchev–Trinajstić information content (AvgIpc) is 1.77. The molecule has 8 heavy (non-hydrogen) atoms. The third-order valence-corrected chi connectivity index (χ3v) is 1.82. The minimum Gasteiger partial charge on any atom is -0.253 e. The van der Waals surface area contributed by atoms with Crippen LogP contribution >= 0.6 is 27.5 Å². The van der Waals surface area contributed by atoms with Crippen LogP contribution in [0.4, 0.5) is 0 Å². The largest absolute Gasteiger partial charge is 0.253 e. The summed E-state index contributed by atoms with van der Waals surface area (Å²) in [5.41, 5.74) is 0. The van der Waals surface area contributed by atoms with Gasteiger partial charge in [0, 0.05) is 6.20 Å². The Hall–Kier alpha value is -0.0800. The summed E-state index contributed by atoms with van der Waals surface area (Å²) >= 11 is 8.74. The van der Waals surface area contributed by atoms with Gasteiger partial charge >= 0.3 is 0 Å². The van der Waals surface area contributed by atoms with Crippen LogP contribution < -0.4 is 0 Å². The number of hydrogen-bond acceptors (Lipinski definition) is 1. The van der Waals surface area contributed by atoms with Gasteiger partial charge in [0.25, 0.3) is 0 Å². The highest BCUT2D eigenvalue weighted by Crippen LogP contribution is 2.18. The SMILES string of the molecule is Clc1ccn[c]c1Br. The Labute approximate surface area is 60.8 Å². The first-order valence-electron chi connectivity index (χ1n) is 1.98. The Balaban J connectivity index is 3.13. The second kappa shape index (κ2) is 2.46. The molecule has 41 valence electrons. The number of aromatic nitrogens is 1. The van der Waals surface area contributed by atoms with Crippen molar-refractivity contribution in [2.45, 2.75) is 0 Å². The Morgan fingerprint density at radius 1 is 1.75 bits per heavy atom. The molecule has 0 aliphatic carbocycles. The molecular weight excluding hydrogens is 189 g/mol. The molecule has 0 N–H and O–H groups in total. The van der Waals surface area contributed by atoms with Crippen molar-refractivity contribution in [1.29, 1.82) is 0 Å². The molecule has 0 fully saturated rings. The fourth-order valence-electron chi connectivity index (χ4n) is 0.323. The predicted octanol–water partition coefficient (Wildman–Crippen LogP) is 2.30. The van der Waals surface area contributed by atoms with Gasteiger partial charge in [-0.3, -0.25) is 4.98 Å². The summed E-state index contributed by atoms with van der Waals surface area (Å²) in [7, 11) is 0. The highest BCUT2D eigenvalue weighted by atomic mass is 79.9. The van der Waals surface area contributed by atoms with Crippen LogP contribution in [0.2, 0.25) is 5.02 Å². The maximum Gasteiger partial charge on any atom is 0.105 e. The van der Waals surface area contributed by atoms with E-state index in [4.69, 9.17) is 11.6 Å². The summed E-state index contributed by atoms with van der Waals surface area (Å²) < 4.78 is 0.710. The topological polar surface area (TPSA) is 12.9 Å². The Bertz CT molecular complexity index is 169. The molecule has 1 heterocycles. The molecule has 0 amide bonds. The maximum absolute atomic E-state index is 5.59. The van der Waals surface area contributed by atoms with Crippen molar-refractivity contribution in [3.63, 3.8) is 0 Å². The van der Waals surface area contributed by atoms with Gasteiger partial charge in [0.15, 0.2) is 0 Å². The Kier molecular flexibility index (Phi) is 1.86. The van der Waals surface area contributed by atoms with Gasteiger partial charge in [-0.1, -0.05) is 11.6 Å². The summed E-state index contributed by atoms with van der Waals surface area (Å²) in [5.74, 6) is 0. The van der Waals surface area contributed by atoms with Gasteiger partial charge in [-0.25, -0.2) is 0 Å². The molecule has 3 heteroatoms. The van der Waals surface area contributed by atoms with E-state index in [9.17, 15) is 0 Å². The van der Waals surface area contributed by atoms with Crippen molar-refractivity contribution >= 4 is 27.5 Å². The van der Waals surface area contributed by atoms with Gasteiger partial charge < -0.3 is 0 Å². The predicted molar refractivity (Wildman–Crippen MR) is 35.8 cm³/mol. The van der Waals surface area contributed by atoms with E-state index in [0.29, 0.717) is 9.50 Å². The molecule has 1 rings (SSSR count). The number of hydrogen-bond donors (Lipinski definition) is 0. The molecular formula is C5H2BrClN. The highest BCUT2D eigenvalue weighted by Gasteiger charge is 1.90. The van der Waals surface area contributed by atoms with Crippen LogP contribution in [0.3, 0.4) is 0 Å². The summed E-state index contributed by atoms with van der Waals surface area (Å²) in [6.07, 6.45) is 4.22. The Morgan fingerprint density at radius 2 is 2.50 bits per heavy atom. The van der Waals surface area contributed by atoms with Gasteiger partial charge in [-0.2, -0.15) is 0 Å². The van der Waals surface area contributed by atoms with E-state index < -0.39 is 0 Å². The lowest BCUT2D eigenvalue weighted by atomic mass is 10.5. The third kappa shape index (κ3) is 1.20. The van der Waals surface area contributed by atoms with E-state index in [-0.39, 0.29) is 0 Å². The van der Waals surface area contributed by atoms with Crippen LogP contribution in [-0.4, -0.2) is 4.98 Å². The van der Waals surface area contributed by atoms with E-state index in [1.54, 1.807) is 12.3 Å². The number of pyridine rings is 1. The van der Waals surface area contributed by atoms with Crippen molar-refractivity contribution in [3.05, 3.63) is 28.0 Å². The van der Waals surface area contributed by atoms with Gasteiger partial charge in [0.2, 0.25) is 0 Å². The zero-order valence-corrected chi connectivity index (χ0v) is 6.20. The second-order valence-corrected chi connectivity index (χ2v) is 2.42. The van der Waals surface area contributed by atoms with E-state index in [1.165, 1.54) is 0 Å². The van der Waals surface area contributed by atoms with Crippen molar-refractivity contribution in [1.82, 2.24) is 4.98 Å². The number of rotatable bonds is 0.